The van der Waals surface area contributed by atoms with Gasteiger partial charge in [-0.1, -0.05) is 6.07 Å². The van der Waals surface area contributed by atoms with E-state index in [4.69, 9.17) is 5.73 Å². The molecular formula is C10H12F4N2. The van der Waals surface area contributed by atoms with Gasteiger partial charge in [-0.05, 0) is 24.6 Å². The van der Waals surface area contributed by atoms with Crippen molar-refractivity contribution in [2.75, 3.05) is 5.32 Å². The van der Waals surface area contributed by atoms with Gasteiger partial charge in [-0.25, -0.2) is 8.78 Å². The molecule has 0 amide bonds. The van der Waals surface area contributed by atoms with Gasteiger partial charge in [0.05, 0.1) is 5.69 Å². The van der Waals surface area contributed by atoms with Crippen LogP contribution in [0.2, 0.25) is 0 Å². The topological polar surface area (TPSA) is 38.0 Å². The van der Waals surface area contributed by atoms with Crippen LogP contribution < -0.4 is 11.1 Å². The maximum absolute atomic E-state index is 13.1. The summed E-state index contributed by atoms with van der Waals surface area (Å²) < 4.78 is 51.6. The van der Waals surface area contributed by atoms with Crippen LogP contribution in [-0.4, -0.2) is 12.2 Å². The van der Waals surface area contributed by atoms with Crippen LogP contribution in [-0.2, 0) is 6.54 Å². The lowest BCUT2D eigenvalue weighted by Crippen LogP contribution is -2.36. The van der Waals surface area contributed by atoms with Crippen molar-refractivity contribution in [1.82, 2.24) is 0 Å². The van der Waals surface area contributed by atoms with E-state index in [1.165, 1.54) is 11.4 Å². The van der Waals surface area contributed by atoms with Crippen molar-refractivity contribution in [1.29, 1.82) is 0 Å². The predicted molar refractivity (Wildman–Crippen MR) is 53.4 cm³/mol. The monoisotopic (exact) mass is 236 g/mol. The van der Waals surface area contributed by atoms with Crippen LogP contribution in [0.5, 0.6) is 0 Å². The number of nitrogens with one attached hydrogen (secondary N) is 1. The molecular weight excluding hydrogens is 224 g/mol. The van der Waals surface area contributed by atoms with E-state index in [2.05, 4.69) is 0 Å². The molecule has 3 N–H and O–H groups in total. The van der Waals surface area contributed by atoms with E-state index in [-0.39, 0.29) is 6.54 Å². The molecule has 0 spiro atoms. The van der Waals surface area contributed by atoms with Gasteiger partial charge in [0, 0.05) is 6.54 Å². The summed E-state index contributed by atoms with van der Waals surface area (Å²) >= 11 is 0. The van der Waals surface area contributed by atoms with Gasteiger partial charge in [-0.3, -0.25) is 0 Å². The van der Waals surface area contributed by atoms with Crippen LogP contribution in [0.4, 0.5) is 23.2 Å². The molecule has 0 aromatic heterocycles. The molecule has 0 saturated carbocycles. The van der Waals surface area contributed by atoms with Gasteiger partial charge in [-0.2, -0.15) is 8.78 Å². The molecule has 6 heteroatoms. The highest BCUT2D eigenvalue weighted by Gasteiger charge is 2.37. The molecule has 2 nitrogen and oxygen atoms in total. The summed E-state index contributed by atoms with van der Waals surface area (Å²) in [5.74, 6) is -0.877. The lowest BCUT2D eigenvalue weighted by molar-refractivity contribution is -0.0380. The Kier molecular flexibility index (Phi) is 3.74. The highest BCUT2D eigenvalue weighted by atomic mass is 19.3. The Bertz CT molecular complexity index is 366. The smallest absolute Gasteiger partial charge is 0.326 e. The molecule has 0 fully saturated rings. The van der Waals surface area contributed by atoms with Gasteiger partial charge in [0.1, 0.15) is 5.82 Å². The Morgan fingerprint density at radius 1 is 1.44 bits per heavy atom. The zero-order valence-corrected chi connectivity index (χ0v) is 8.61. The summed E-state index contributed by atoms with van der Waals surface area (Å²) in [5, 5.41) is 1.52. The molecule has 1 aromatic rings. The van der Waals surface area contributed by atoms with Gasteiger partial charge in [-0.15, -0.1) is 0 Å². The molecule has 1 rings (SSSR count). The molecule has 1 atom stereocenters. The fourth-order valence-corrected chi connectivity index (χ4v) is 1.07. The third-order valence-corrected chi connectivity index (χ3v) is 2.07. The first-order valence-corrected chi connectivity index (χ1v) is 4.65. The van der Waals surface area contributed by atoms with Crippen LogP contribution in [0, 0.1) is 5.82 Å². The number of anilines is 1. The van der Waals surface area contributed by atoms with Crippen molar-refractivity contribution < 1.29 is 17.6 Å². The number of halogens is 4. The second-order valence-corrected chi connectivity index (χ2v) is 3.38. The first-order chi connectivity index (χ1) is 7.36. The number of rotatable bonds is 4. The van der Waals surface area contributed by atoms with Gasteiger partial charge in [0.25, 0.3) is 0 Å². The summed E-state index contributed by atoms with van der Waals surface area (Å²) in [6.07, 6.45) is -2.42. The summed E-state index contributed by atoms with van der Waals surface area (Å²) in [6, 6.07) is -0.305. The lowest BCUT2D eigenvalue weighted by atomic mass is 10.2. The van der Waals surface area contributed by atoms with Crippen LogP contribution in [0.3, 0.4) is 0 Å². The third kappa shape index (κ3) is 2.85. The predicted octanol–water partition coefficient (Wildman–Crippen LogP) is 2.65. The summed E-state index contributed by atoms with van der Waals surface area (Å²) in [6.45, 7) is 0.781. The average Bonchev–Trinajstić information content (AvgIpc) is 2.21. The molecule has 0 radical (unpaired) electrons. The molecule has 0 heterocycles. The fraction of sp³-hybridized carbons (Fsp3) is 0.400. The Morgan fingerprint density at radius 3 is 2.56 bits per heavy atom. The summed E-state index contributed by atoms with van der Waals surface area (Å²) in [7, 11) is 0. The van der Waals surface area contributed by atoms with E-state index in [1.807, 2.05) is 0 Å². The van der Waals surface area contributed by atoms with E-state index in [1.54, 1.807) is 0 Å². The minimum Gasteiger partial charge on any atom is -0.326 e. The van der Waals surface area contributed by atoms with Gasteiger partial charge in [0.15, 0.2) is 6.17 Å². The first-order valence-electron chi connectivity index (χ1n) is 4.65. The molecule has 0 aliphatic rings. The van der Waals surface area contributed by atoms with E-state index < -0.39 is 23.7 Å². The third-order valence-electron chi connectivity index (χ3n) is 2.07. The quantitative estimate of drug-likeness (QED) is 0.623. The molecule has 0 bridgehead atoms. The zero-order valence-electron chi connectivity index (χ0n) is 8.61. The van der Waals surface area contributed by atoms with Crippen molar-refractivity contribution in [2.45, 2.75) is 25.7 Å². The minimum atomic E-state index is -3.81. The molecule has 16 heavy (non-hydrogen) atoms. The van der Waals surface area contributed by atoms with Gasteiger partial charge in [0.2, 0.25) is 0 Å². The van der Waals surface area contributed by atoms with E-state index in [0.717, 1.165) is 12.1 Å². The van der Waals surface area contributed by atoms with Crippen molar-refractivity contribution in [3.05, 3.63) is 29.6 Å². The van der Waals surface area contributed by atoms with Crippen LogP contribution >= 0.6 is 0 Å². The Morgan fingerprint density at radius 2 is 2.06 bits per heavy atom. The maximum atomic E-state index is 13.1. The van der Waals surface area contributed by atoms with Crippen LogP contribution in [0.25, 0.3) is 0 Å². The number of nitrogens with two attached hydrogens (primary N) is 1. The molecule has 1 unspecified atom stereocenters. The van der Waals surface area contributed by atoms with E-state index >= 15 is 0 Å². The molecule has 0 aliphatic carbocycles. The molecule has 1 aromatic carbocycles. The largest absolute Gasteiger partial charge is 0.354 e. The second kappa shape index (κ2) is 4.69. The SMILES string of the molecule is CC(F)C(F)(F)Nc1cc(CN)ccc1F. The zero-order chi connectivity index (χ0) is 12.3. The van der Waals surface area contributed by atoms with Crippen LogP contribution in [0.15, 0.2) is 18.2 Å². The normalized spacial score (nSPS) is 13.6. The Hall–Kier alpha value is -1.30. The van der Waals surface area contributed by atoms with Crippen molar-refractivity contribution in [2.24, 2.45) is 5.73 Å². The maximum Gasteiger partial charge on any atom is 0.354 e. The highest BCUT2D eigenvalue weighted by Crippen LogP contribution is 2.26. The first kappa shape index (κ1) is 12.8. The van der Waals surface area contributed by atoms with Crippen molar-refractivity contribution >= 4 is 5.69 Å². The number of hydrogen-bond acceptors (Lipinski definition) is 2. The minimum absolute atomic E-state index is 0.0890. The Labute approximate surface area is 90.4 Å². The number of benzene rings is 1. The number of hydrogen-bond donors (Lipinski definition) is 2. The van der Waals surface area contributed by atoms with E-state index in [0.29, 0.717) is 12.5 Å². The molecule has 0 aliphatic heterocycles. The van der Waals surface area contributed by atoms with Gasteiger partial charge < -0.3 is 11.1 Å². The number of alkyl halides is 3. The average molecular weight is 236 g/mol. The van der Waals surface area contributed by atoms with Gasteiger partial charge >= 0.3 is 6.05 Å². The van der Waals surface area contributed by atoms with Crippen molar-refractivity contribution in [3.63, 3.8) is 0 Å². The highest BCUT2D eigenvalue weighted by molar-refractivity contribution is 5.48. The summed E-state index contributed by atoms with van der Waals surface area (Å²) in [4.78, 5) is 0. The lowest BCUT2D eigenvalue weighted by Gasteiger charge is -2.20. The molecule has 90 valence electrons. The van der Waals surface area contributed by atoms with E-state index in [9.17, 15) is 17.6 Å². The summed E-state index contributed by atoms with van der Waals surface area (Å²) in [5.41, 5.74) is 5.30. The van der Waals surface area contributed by atoms with Crippen molar-refractivity contribution in [3.8, 4) is 0 Å². The molecule has 0 saturated heterocycles. The second-order valence-electron chi connectivity index (χ2n) is 3.38. The Balaban J connectivity index is 2.96. The van der Waals surface area contributed by atoms with Crippen LogP contribution in [0.1, 0.15) is 12.5 Å². The standard InChI is InChI=1S/C10H12F4N2/c1-6(11)10(13,14)16-9-4-7(5-15)2-3-8(9)12/h2-4,6,16H,5,15H2,1H3. The fourth-order valence-electron chi connectivity index (χ4n) is 1.07.